The van der Waals surface area contributed by atoms with Gasteiger partial charge in [-0.3, -0.25) is 0 Å². The number of rotatable bonds is 2. The van der Waals surface area contributed by atoms with Crippen molar-refractivity contribution in [2.45, 2.75) is 19.4 Å². The Hall–Kier alpha value is -1.10. The van der Waals surface area contributed by atoms with E-state index < -0.39 is 0 Å². The summed E-state index contributed by atoms with van der Waals surface area (Å²) in [6.07, 6.45) is 2.79. The number of aromatic nitrogens is 1. The van der Waals surface area contributed by atoms with E-state index in [0.29, 0.717) is 0 Å². The predicted molar refractivity (Wildman–Crippen MR) is 55.3 cm³/mol. The predicted octanol–water partition coefficient (Wildman–Crippen LogP) is 1.62. The van der Waals surface area contributed by atoms with Gasteiger partial charge in [-0.25, -0.2) is 9.78 Å². The molecule has 76 valence electrons. The van der Waals surface area contributed by atoms with Gasteiger partial charge in [-0.15, -0.1) is 11.3 Å². The summed E-state index contributed by atoms with van der Waals surface area (Å²) < 4.78 is 0. The number of nitrogens with one attached hydrogen (secondary N) is 1. The van der Waals surface area contributed by atoms with E-state index in [1.54, 1.807) is 17.5 Å². The maximum absolute atomic E-state index is 11.5. The molecule has 1 aromatic heterocycles. The Kier molecular flexibility index (Phi) is 2.67. The van der Waals surface area contributed by atoms with Gasteiger partial charge in [0, 0.05) is 24.7 Å². The summed E-state index contributed by atoms with van der Waals surface area (Å²) in [5.74, 6) is 0. The lowest BCUT2D eigenvalue weighted by Crippen LogP contribution is -2.47. The monoisotopic (exact) mass is 211 g/mol. The molecule has 1 unspecified atom stereocenters. The second kappa shape index (κ2) is 3.96. The fourth-order valence-electron chi connectivity index (χ4n) is 1.59. The standard InChI is InChI=1S/C9H13N3OS/c1-7(8-10-4-6-14-8)12-5-2-3-11-9(12)13/h4,6-7H,2-3,5H2,1H3,(H,11,13). The molecule has 1 aliphatic rings. The molecule has 2 heterocycles. The fraction of sp³-hybridized carbons (Fsp3) is 0.556. The number of thiazole rings is 1. The summed E-state index contributed by atoms with van der Waals surface area (Å²) in [6, 6.07) is 0.120. The number of carbonyl (C=O) groups is 1. The van der Waals surface area contributed by atoms with Gasteiger partial charge in [-0.1, -0.05) is 0 Å². The van der Waals surface area contributed by atoms with Crippen LogP contribution in [0.15, 0.2) is 11.6 Å². The van der Waals surface area contributed by atoms with Crippen molar-refractivity contribution in [2.75, 3.05) is 13.1 Å². The van der Waals surface area contributed by atoms with Crippen LogP contribution in [0.2, 0.25) is 0 Å². The first-order chi connectivity index (χ1) is 6.79. The Morgan fingerprint density at radius 3 is 3.21 bits per heavy atom. The summed E-state index contributed by atoms with van der Waals surface area (Å²) in [5.41, 5.74) is 0. The molecule has 4 nitrogen and oxygen atoms in total. The van der Waals surface area contributed by atoms with Gasteiger partial charge in [0.15, 0.2) is 0 Å². The number of carbonyl (C=O) groups excluding carboxylic acids is 1. The lowest BCUT2D eigenvalue weighted by atomic mass is 10.2. The summed E-state index contributed by atoms with van der Waals surface area (Å²) in [5, 5.41) is 5.78. The van der Waals surface area contributed by atoms with Crippen LogP contribution in [0.25, 0.3) is 0 Å². The highest BCUT2D eigenvalue weighted by Crippen LogP contribution is 2.23. The molecule has 1 aliphatic heterocycles. The summed E-state index contributed by atoms with van der Waals surface area (Å²) in [4.78, 5) is 17.6. The Labute approximate surface area is 86.9 Å². The van der Waals surface area contributed by atoms with Crippen LogP contribution in [0.5, 0.6) is 0 Å². The van der Waals surface area contributed by atoms with Gasteiger partial charge in [0.25, 0.3) is 0 Å². The molecule has 0 saturated carbocycles. The Morgan fingerprint density at radius 2 is 2.57 bits per heavy atom. The zero-order chi connectivity index (χ0) is 9.97. The van der Waals surface area contributed by atoms with Crippen molar-refractivity contribution in [2.24, 2.45) is 0 Å². The van der Waals surface area contributed by atoms with E-state index in [9.17, 15) is 4.79 Å². The van der Waals surface area contributed by atoms with Crippen LogP contribution in [0.3, 0.4) is 0 Å². The van der Waals surface area contributed by atoms with E-state index in [0.717, 1.165) is 24.5 Å². The van der Waals surface area contributed by atoms with E-state index in [2.05, 4.69) is 10.3 Å². The fourth-order valence-corrected chi connectivity index (χ4v) is 2.30. The number of urea groups is 1. The number of hydrogen-bond donors (Lipinski definition) is 1. The summed E-state index contributed by atoms with van der Waals surface area (Å²) >= 11 is 1.59. The largest absolute Gasteiger partial charge is 0.338 e. The minimum atomic E-state index is 0.0268. The van der Waals surface area contributed by atoms with Crippen molar-refractivity contribution in [3.05, 3.63) is 16.6 Å². The zero-order valence-corrected chi connectivity index (χ0v) is 8.88. The van der Waals surface area contributed by atoms with Gasteiger partial charge >= 0.3 is 6.03 Å². The maximum atomic E-state index is 11.5. The highest BCUT2D eigenvalue weighted by atomic mass is 32.1. The normalized spacial score (nSPS) is 19.2. The van der Waals surface area contributed by atoms with Crippen molar-refractivity contribution in [1.29, 1.82) is 0 Å². The lowest BCUT2D eigenvalue weighted by molar-refractivity contribution is 0.166. The minimum absolute atomic E-state index is 0.0268. The first kappa shape index (κ1) is 9.45. The first-order valence-corrected chi connectivity index (χ1v) is 5.61. The third-order valence-corrected chi connectivity index (χ3v) is 3.34. The molecule has 0 spiro atoms. The third-order valence-electron chi connectivity index (χ3n) is 2.39. The molecule has 1 aromatic rings. The molecular formula is C9H13N3OS. The van der Waals surface area contributed by atoms with Crippen molar-refractivity contribution >= 4 is 17.4 Å². The zero-order valence-electron chi connectivity index (χ0n) is 8.06. The quantitative estimate of drug-likeness (QED) is 0.808. The van der Waals surface area contributed by atoms with Crippen LogP contribution < -0.4 is 5.32 Å². The van der Waals surface area contributed by atoms with E-state index >= 15 is 0 Å². The molecule has 2 rings (SSSR count). The number of nitrogens with zero attached hydrogens (tertiary/aromatic N) is 2. The van der Waals surface area contributed by atoms with Gasteiger partial charge in [0.05, 0.1) is 6.04 Å². The van der Waals surface area contributed by atoms with Crippen molar-refractivity contribution < 1.29 is 4.79 Å². The molecule has 1 saturated heterocycles. The molecule has 0 aromatic carbocycles. The van der Waals surface area contributed by atoms with Gasteiger partial charge < -0.3 is 10.2 Å². The number of hydrogen-bond acceptors (Lipinski definition) is 3. The highest BCUT2D eigenvalue weighted by molar-refractivity contribution is 7.09. The van der Waals surface area contributed by atoms with E-state index in [-0.39, 0.29) is 12.1 Å². The first-order valence-electron chi connectivity index (χ1n) is 4.73. The summed E-state index contributed by atoms with van der Waals surface area (Å²) in [7, 11) is 0. The van der Waals surface area contributed by atoms with Crippen LogP contribution in [-0.2, 0) is 0 Å². The lowest BCUT2D eigenvalue weighted by Gasteiger charge is -2.31. The van der Waals surface area contributed by atoms with Crippen molar-refractivity contribution in [1.82, 2.24) is 15.2 Å². The molecule has 2 amide bonds. The van der Waals surface area contributed by atoms with E-state index in [1.165, 1.54) is 0 Å². The molecule has 0 aliphatic carbocycles. The van der Waals surface area contributed by atoms with Crippen molar-refractivity contribution in [3.8, 4) is 0 Å². The molecule has 5 heteroatoms. The van der Waals surface area contributed by atoms with E-state index in [4.69, 9.17) is 0 Å². The molecule has 1 N–H and O–H groups in total. The maximum Gasteiger partial charge on any atom is 0.317 e. The van der Waals surface area contributed by atoms with E-state index in [1.807, 2.05) is 17.2 Å². The minimum Gasteiger partial charge on any atom is -0.338 e. The molecule has 0 radical (unpaired) electrons. The average Bonchev–Trinajstić information content (AvgIpc) is 2.70. The molecule has 1 atom stereocenters. The van der Waals surface area contributed by atoms with Crippen LogP contribution in [-0.4, -0.2) is 29.0 Å². The van der Waals surface area contributed by atoms with Gasteiger partial charge in [-0.2, -0.15) is 0 Å². The Morgan fingerprint density at radius 1 is 1.71 bits per heavy atom. The highest BCUT2D eigenvalue weighted by Gasteiger charge is 2.24. The van der Waals surface area contributed by atoms with Crippen molar-refractivity contribution in [3.63, 3.8) is 0 Å². The molecule has 1 fully saturated rings. The SMILES string of the molecule is CC(c1nccs1)N1CCCNC1=O. The van der Waals surface area contributed by atoms with Crippen LogP contribution in [0.4, 0.5) is 4.79 Å². The third kappa shape index (κ3) is 1.72. The smallest absolute Gasteiger partial charge is 0.317 e. The molecule has 14 heavy (non-hydrogen) atoms. The molecule has 0 bridgehead atoms. The Balaban J connectivity index is 2.10. The van der Waals surface area contributed by atoms with Crippen LogP contribution >= 0.6 is 11.3 Å². The topological polar surface area (TPSA) is 45.2 Å². The van der Waals surface area contributed by atoms with Crippen LogP contribution in [0.1, 0.15) is 24.4 Å². The Bertz CT molecular complexity index is 312. The van der Waals surface area contributed by atoms with Crippen LogP contribution in [0, 0.1) is 0 Å². The average molecular weight is 211 g/mol. The molecular weight excluding hydrogens is 198 g/mol. The second-order valence-electron chi connectivity index (χ2n) is 3.33. The summed E-state index contributed by atoms with van der Waals surface area (Å²) in [6.45, 7) is 3.64. The van der Waals surface area contributed by atoms with Gasteiger partial charge in [-0.05, 0) is 13.3 Å². The second-order valence-corrected chi connectivity index (χ2v) is 4.25. The number of amides is 2. The van der Waals surface area contributed by atoms with Gasteiger partial charge in [0.1, 0.15) is 5.01 Å². The van der Waals surface area contributed by atoms with Gasteiger partial charge in [0.2, 0.25) is 0 Å².